The van der Waals surface area contributed by atoms with Crippen LogP contribution in [0.2, 0.25) is 0 Å². The van der Waals surface area contributed by atoms with Crippen LogP contribution in [0.25, 0.3) is 31.9 Å². The molecule has 3 heterocycles. The summed E-state index contributed by atoms with van der Waals surface area (Å²) in [5.41, 5.74) is 1.72. The number of nitrogens with one attached hydrogen (secondary N) is 2. The Kier molecular flexibility index (Phi) is 5.20. The highest BCUT2D eigenvalue weighted by Crippen LogP contribution is 2.31. The minimum absolute atomic E-state index is 0.170. The van der Waals surface area contributed by atoms with Gasteiger partial charge in [0.25, 0.3) is 11.5 Å². The third kappa shape index (κ3) is 3.65. The highest BCUT2D eigenvalue weighted by Gasteiger charge is 2.13. The number of amides is 1. The van der Waals surface area contributed by atoms with Crippen LogP contribution in [0.15, 0.2) is 63.8 Å². The monoisotopic (exact) mass is 462 g/mol. The number of aromatic nitrogens is 3. The number of nitrogens with zero attached hydrogens (tertiary/aromatic N) is 2. The molecule has 9 heteroatoms. The SMILES string of the molecule is CCn1c(=S)[nH]c2cc(C(=O)NCc3ccc(-c4nc5ccccc5s4)o3)ccc2c1=O. The Bertz CT molecular complexity index is 1560. The molecule has 0 radical (unpaired) electrons. The highest BCUT2D eigenvalue weighted by molar-refractivity contribution is 7.71. The molecule has 32 heavy (non-hydrogen) atoms. The first-order valence-electron chi connectivity index (χ1n) is 10.0. The normalized spacial score (nSPS) is 11.3. The van der Waals surface area contributed by atoms with Gasteiger partial charge in [0, 0.05) is 12.1 Å². The van der Waals surface area contributed by atoms with Gasteiger partial charge in [0.05, 0.1) is 27.7 Å². The van der Waals surface area contributed by atoms with Gasteiger partial charge in [-0.1, -0.05) is 12.1 Å². The second-order valence-corrected chi connectivity index (χ2v) is 8.59. The van der Waals surface area contributed by atoms with Crippen molar-refractivity contribution in [1.82, 2.24) is 19.9 Å². The molecule has 0 fully saturated rings. The third-order valence-electron chi connectivity index (χ3n) is 5.15. The van der Waals surface area contributed by atoms with E-state index < -0.39 is 0 Å². The molecule has 0 unspecified atom stereocenters. The minimum Gasteiger partial charge on any atom is -0.457 e. The van der Waals surface area contributed by atoms with Crippen LogP contribution < -0.4 is 10.9 Å². The van der Waals surface area contributed by atoms with Gasteiger partial charge in [-0.15, -0.1) is 11.3 Å². The van der Waals surface area contributed by atoms with Crippen molar-refractivity contribution in [3.05, 3.63) is 81.0 Å². The molecule has 0 spiro atoms. The number of furan rings is 1. The first-order chi connectivity index (χ1) is 15.5. The molecule has 0 saturated heterocycles. The number of rotatable bonds is 5. The summed E-state index contributed by atoms with van der Waals surface area (Å²) in [6.45, 7) is 2.57. The largest absolute Gasteiger partial charge is 0.457 e. The predicted molar refractivity (Wildman–Crippen MR) is 128 cm³/mol. The van der Waals surface area contributed by atoms with Crippen LogP contribution in [0.5, 0.6) is 0 Å². The van der Waals surface area contributed by atoms with Crippen molar-refractivity contribution in [3.63, 3.8) is 0 Å². The predicted octanol–water partition coefficient (Wildman–Crippen LogP) is 4.88. The van der Waals surface area contributed by atoms with Crippen molar-refractivity contribution in [1.29, 1.82) is 0 Å². The summed E-state index contributed by atoms with van der Waals surface area (Å²) in [4.78, 5) is 32.8. The van der Waals surface area contributed by atoms with Crippen molar-refractivity contribution in [2.45, 2.75) is 20.0 Å². The van der Waals surface area contributed by atoms with Gasteiger partial charge in [0.15, 0.2) is 15.5 Å². The molecule has 0 atom stereocenters. The number of carbonyl (C=O) groups excluding carboxylic acids is 1. The molecule has 0 aliphatic heterocycles. The van der Waals surface area contributed by atoms with E-state index in [1.807, 2.05) is 43.3 Å². The summed E-state index contributed by atoms with van der Waals surface area (Å²) in [6.07, 6.45) is 0. The molecule has 2 N–H and O–H groups in total. The van der Waals surface area contributed by atoms with E-state index in [4.69, 9.17) is 16.6 Å². The lowest BCUT2D eigenvalue weighted by Crippen LogP contribution is -2.24. The molecule has 0 aliphatic rings. The number of H-pyrrole nitrogens is 1. The minimum atomic E-state index is -0.274. The number of para-hydroxylation sites is 1. The molecule has 0 aliphatic carbocycles. The summed E-state index contributed by atoms with van der Waals surface area (Å²) < 4.78 is 8.79. The van der Waals surface area contributed by atoms with E-state index in [1.165, 1.54) is 4.57 Å². The first-order valence-corrected chi connectivity index (χ1v) is 11.3. The van der Waals surface area contributed by atoms with Gasteiger partial charge in [-0.05, 0) is 61.6 Å². The molecule has 0 saturated carbocycles. The number of hydrogen-bond donors (Lipinski definition) is 2. The zero-order valence-electron chi connectivity index (χ0n) is 17.0. The lowest BCUT2D eigenvalue weighted by Gasteiger charge is -2.07. The maximum Gasteiger partial charge on any atom is 0.262 e. The number of thiazole rings is 1. The van der Waals surface area contributed by atoms with Crippen molar-refractivity contribution in [2.75, 3.05) is 0 Å². The molecular formula is C23H18N4O3S2. The second kappa shape index (κ2) is 8.18. The lowest BCUT2D eigenvalue weighted by molar-refractivity contribution is 0.0948. The average Bonchev–Trinajstić information content (AvgIpc) is 3.44. The summed E-state index contributed by atoms with van der Waals surface area (Å²) in [7, 11) is 0. The zero-order chi connectivity index (χ0) is 22.2. The van der Waals surface area contributed by atoms with Crippen molar-refractivity contribution < 1.29 is 9.21 Å². The number of aromatic amines is 1. The van der Waals surface area contributed by atoms with Crippen LogP contribution in [-0.2, 0) is 13.1 Å². The smallest absolute Gasteiger partial charge is 0.262 e. The molecule has 5 rings (SSSR count). The van der Waals surface area contributed by atoms with Crippen LogP contribution >= 0.6 is 23.6 Å². The molecule has 0 bridgehead atoms. The van der Waals surface area contributed by atoms with Gasteiger partial charge < -0.3 is 14.7 Å². The van der Waals surface area contributed by atoms with Gasteiger partial charge in [-0.3, -0.25) is 14.2 Å². The maximum absolute atomic E-state index is 12.7. The standard InChI is InChI=1S/C23H18N4O3S2/c1-2-27-22(29)15-9-7-13(11-17(15)26-23(27)31)20(28)24-12-14-8-10-18(30-14)21-25-16-5-3-4-6-19(16)32-21/h3-11H,2,12H2,1H3,(H,24,28)(H,26,31). The Morgan fingerprint density at radius 2 is 2.06 bits per heavy atom. The van der Waals surface area contributed by atoms with Crippen molar-refractivity contribution >= 4 is 50.6 Å². The molecule has 160 valence electrons. The van der Waals surface area contributed by atoms with Crippen LogP contribution in [0.1, 0.15) is 23.0 Å². The van der Waals surface area contributed by atoms with E-state index in [1.54, 1.807) is 29.5 Å². The molecule has 5 aromatic rings. The van der Waals surface area contributed by atoms with E-state index >= 15 is 0 Å². The molecule has 2 aromatic carbocycles. The van der Waals surface area contributed by atoms with E-state index in [2.05, 4.69) is 15.3 Å². The van der Waals surface area contributed by atoms with E-state index in [-0.39, 0.29) is 18.0 Å². The van der Waals surface area contributed by atoms with Gasteiger partial charge >= 0.3 is 0 Å². The summed E-state index contributed by atoms with van der Waals surface area (Å²) >= 11 is 6.80. The van der Waals surface area contributed by atoms with Crippen LogP contribution in [0, 0.1) is 4.77 Å². The van der Waals surface area contributed by atoms with E-state index in [0.717, 1.165) is 15.2 Å². The summed E-state index contributed by atoms with van der Waals surface area (Å²) in [6, 6.07) is 16.5. The van der Waals surface area contributed by atoms with Crippen molar-refractivity contribution in [2.24, 2.45) is 0 Å². The molecule has 1 amide bonds. The quantitative estimate of drug-likeness (QED) is 0.363. The fourth-order valence-electron chi connectivity index (χ4n) is 3.52. The van der Waals surface area contributed by atoms with Crippen LogP contribution in [-0.4, -0.2) is 20.4 Å². The van der Waals surface area contributed by atoms with Crippen molar-refractivity contribution in [3.8, 4) is 10.8 Å². The fourth-order valence-corrected chi connectivity index (χ4v) is 4.77. The summed E-state index contributed by atoms with van der Waals surface area (Å²) in [5.74, 6) is 1.02. The van der Waals surface area contributed by atoms with E-state index in [9.17, 15) is 9.59 Å². The third-order valence-corrected chi connectivity index (χ3v) is 6.52. The van der Waals surface area contributed by atoms with Crippen LogP contribution in [0.4, 0.5) is 0 Å². The Balaban J connectivity index is 1.33. The van der Waals surface area contributed by atoms with Crippen LogP contribution in [0.3, 0.4) is 0 Å². The Morgan fingerprint density at radius 3 is 2.88 bits per heavy atom. The molecule has 3 aromatic heterocycles. The first kappa shape index (κ1) is 20.3. The lowest BCUT2D eigenvalue weighted by atomic mass is 10.1. The second-order valence-electron chi connectivity index (χ2n) is 7.18. The average molecular weight is 463 g/mol. The number of fused-ring (bicyclic) bond motifs is 2. The highest BCUT2D eigenvalue weighted by atomic mass is 32.1. The topological polar surface area (TPSA) is 92.9 Å². The summed E-state index contributed by atoms with van der Waals surface area (Å²) in [5, 5.41) is 4.14. The Morgan fingerprint density at radius 1 is 1.22 bits per heavy atom. The number of carbonyl (C=O) groups is 1. The maximum atomic E-state index is 12.7. The fraction of sp³-hybridized carbons (Fsp3) is 0.130. The van der Waals surface area contributed by atoms with Gasteiger partial charge in [0.1, 0.15) is 5.76 Å². The van der Waals surface area contributed by atoms with Gasteiger partial charge in [-0.25, -0.2) is 4.98 Å². The van der Waals surface area contributed by atoms with E-state index in [0.29, 0.717) is 39.3 Å². The van der Waals surface area contributed by atoms with Gasteiger partial charge in [-0.2, -0.15) is 0 Å². The number of benzene rings is 2. The molecule has 7 nitrogen and oxygen atoms in total. The Labute approximate surface area is 191 Å². The number of hydrogen-bond acceptors (Lipinski definition) is 6. The van der Waals surface area contributed by atoms with Gasteiger partial charge in [0.2, 0.25) is 0 Å². The molecular weight excluding hydrogens is 444 g/mol. The zero-order valence-corrected chi connectivity index (χ0v) is 18.7. The Hall–Kier alpha value is -3.56.